The molecular weight excluding hydrogens is 276 g/mol. The zero-order valence-corrected chi connectivity index (χ0v) is 12.9. The predicted molar refractivity (Wildman–Crippen MR) is 82.8 cm³/mol. The summed E-state index contributed by atoms with van der Waals surface area (Å²) < 4.78 is 2.18. The lowest BCUT2D eigenvalue weighted by Crippen LogP contribution is -2.33. The van der Waals surface area contributed by atoms with Gasteiger partial charge in [-0.1, -0.05) is 31.4 Å². The standard InChI is InChI=1S/C17H24N4O/c22-17(15-9-12-6-7-13(15)8-12)18-10-16-20-19-11-21(16)14-4-2-1-3-5-14/h6-7,11-15H,1-5,8-10H2,(H,18,22)/t12-,13+,15+/m1/s1. The highest BCUT2D eigenvalue weighted by atomic mass is 16.1. The van der Waals surface area contributed by atoms with Crippen molar-refractivity contribution in [1.29, 1.82) is 0 Å². The third-order valence-electron chi connectivity index (χ3n) is 5.65. The van der Waals surface area contributed by atoms with Crippen LogP contribution in [0, 0.1) is 17.8 Å². The summed E-state index contributed by atoms with van der Waals surface area (Å²) in [6.45, 7) is 0.507. The van der Waals surface area contributed by atoms with E-state index in [1.807, 2.05) is 6.33 Å². The van der Waals surface area contributed by atoms with Crippen LogP contribution in [-0.2, 0) is 11.3 Å². The second-order valence-electron chi connectivity index (χ2n) is 7.05. The van der Waals surface area contributed by atoms with Crippen molar-refractivity contribution in [2.45, 2.75) is 57.5 Å². The quantitative estimate of drug-likeness (QED) is 0.870. The van der Waals surface area contributed by atoms with E-state index in [2.05, 4.69) is 32.2 Å². The first-order valence-electron chi connectivity index (χ1n) is 8.65. The van der Waals surface area contributed by atoms with Gasteiger partial charge in [-0.05, 0) is 37.5 Å². The average Bonchev–Trinajstić information content (AvgIpc) is 3.29. The Morgan fingerprint density at radius 2 is 2.09 bits per heavy atom. The molecule has 2 saturated carbocycles. The van der Waals surface area contributed by atoms with E-state index >= 15 is 0 Å². The number of hydrogen-bond acceptors (Lipinski definition) is 3. The van der Waals surface area contributed by atoms with Crippen LogP contribution in [0.15, 0.2) is 18.5 Å². The van der Waals surface area contributed by atoms with Crippen LogP contribution >= 0.6 is 0 Å². The summed E-state index contributed by atoms with van der Waals surface area (Å²) >= 11 is 0. The Kier molecular flexibility index (Phi) is 3.72. The van der Waals surface area contributed by atoms with Gasteiger partial charge >= 0.3 is 0 Å². The molecule has 0 saturated heterocycles. The highest BCUT2D eigenvalue weighted by molar-refractivity contribution is 5.79. The number of nitrogens with one attached hydrogen (secondary N) is 1. The van der Waals surface area contributed by atoms with Crippen molar-refractivity contribution >= 4 is 5.91 Å². The van der Waals surface area contributed by atoms with E-state index in [1.165, 1.54) is 32.1 Å². The number of allylic oxidation sites excluding steroid dienone is 2. The molecule has 3 aliphatic carbocycles. The molecule has 1 aromatic rings. The number of carbonyl (C=O) groups excluding carboxylic acids is 1. The Morgan fingerprint density at radius 1 is 1.23 bits per heavy atom. The van der Waals surface area contributed by atoms with Crippen LogP contribution in [0.3, 0.4) is 0 Å². The molecule has 0 radical (unpaired) electrons. The number of nitrogens with zero attached hydrogens (tertiary/aromatic N) is 3. The number of rotatable bonds is 4. The van der Waals surface area contributed by atoms with E-state index in [-0.39, 0.29) is 11.8 Å². The van der Waals surface area contributed by atoms with Crippen molar-refractivity contribution in [3.8, 4) is 0 Å². The molecule has 2 bridgehead atoms. The Hall–Kier alpha value is -1.65. The van der Waals surface area contributed by atoms with Crippen LogP contribution in [0.25, 0.3) is 0 Å². The van der Waals surface area contributed by atoms with Gasteiger partial charge in [-0.3, -0.25) is 4.79 Å². The van der Waals surface area contributed by atoms with Gasteiger partial charge in [-0.2, -0.15) is 0 Å². The fourth-order valence-corrected chi connectivity index (χ4v) is 4.44. The molecule has 0 spiro atoms. The molecule has 5 heteroatoms. The second-order valence-corrected chi connectivity index (χ2v) is 7.05. The molecule has 0 aliphatic heterocycles. The van der Waals surface area contributed by atoms with Gasteiger partial charge in [-0.15, -0.1) is 10.2 Å². The van der Waals surface area contributed by atoms with Crippen LogP contribution in [0.5, 0.6) is 0 Å². The van der Waals surface area contributed by atoms with Crippen molar-refractivity contribution in [2.75, 3.05) is 0 Å². The van der Waals surface area contributed by atoms with E-state index in [1.54, 1.807) is 0 Å². The normalized spacial score (nSPS) is 30.8. The van der Waals surface area contributed by atoms with E-state index < -0.39 is 0 Å². The maximum absolute atomic E-state index is 12.4. The van der Waals surface area contributed by atoms with Crippen molar-refractivity contribution in [1.82, 2.24) is 20.1 Å². The van der Waals surface area contributed by atoms with Crippen molar-refractivity contribution < 1.29 is 4.79 Å². The molecule has 1 amide bonds. The lowest BCUT2D eigenvalue weighted by atomic mass is 9.93. The Morgan fingerprint density at radius 3 is 2.82 bits per heavy atom. The number of fused-ring (bicyclic) bond motifs is 2. The van der Waals surface area contributed by atoms with Crippen LogP contribution in [0.1, 0.15) is 56.8 Å². The van der Waals surface area contributed by atoms with E-state index in [0.717, 1.165) is 18.7 Å². The fraction of sp³-hybridized carbons (Fsp3) is 0.706. The van der Waals surface area contributed by atoms with Gasteiger partial charge in [0.1, 0.15) is 6.33 Å². The molecule has 3 atom stereocenters. The lowest BCUT2D eigenvalue weighted by Gasteiger charge is -2.24. The van der Waals surface area contributed by atoms with Gasteiger partial charge in [0.2, 0.25) is 5.91 Å². The molecule has 0 unspecified atom stereocenters. The zero-order chi connectivity index (χ0) is 14.9. The summed E-state index contributed by atoms with van der Waals surface area (Å²) in [6, 6.07) is 0.515. The third kappa shape index (κ3) is 2.57. The van der Waals surface area contributed by atoms with E-state index in [9.17, 15) is 4.79 Å². The van der Waals surface area contributed by atoms with Gasteiger partial charge in [0, 0.05) is 12.0 Å². The van der Waals surface area contributed by atoms with Gasteiger partial charge in [0.25, 0.3) is 0 Å². The molecule has 1 N–H and O–H groups in total. The molecule has 5 nitrogen and oxygen atoms in total. The van der Waals surface area contributed by atoms with Gasteiger partial charge in [0.05, 0.1) is 6.54 Å². The highest BCUT2D eigenvalue weighted by Gasteiger charge is 2.39. The Bertz CT molecular complexity index is 573. The topological polar surface area (TPSA) is 59.8 Å². The Labute approximate surface area is 131 Å². The number of hydrogen-bond donors (Lipinski definition) is 1. The minimum Gasteiger partial charge on any atom is -0.349 e. The van der Waals surface area contributed by atoms with Crippen LogP contribution in [-0.4, -0.2) is 20.7 Å². The monoisotopic (exact) mass is 300 g/mol. The minimum absolute atomic E-state index is 0.168. The predicted octanol–water partition coefficient (Wildman–Crippen LogP) is 2.61. The summed E-state index contributed by atoms with van der Waals surface area (Å²) in [5, 5.41) is 11.4. The average molecular weight is 300 g/mol. The number of amides is 1. The molecule has 1 aromatic heterocycles. The van der Waals surface area contributed by atoms with E-state index in [4.69, 9.17) is 0 Å². The smallest absolute Gasteiger partial charge is 0.224 e. The van der Waals surface area contributed by atoms with Crippen LogP contribution < -0.4 is 5.32 Å². The van der Waals surface area contributed by atoms with Gasteiger partial charge < -0.3 is 9.88 Å². The molecule has 1 heterocycles. The van der Waals surface area contributed by atoms with Crippen LogP contribution in [0.4, 0.5) is 0 Å². The summed E-state index contributed by atoms with van der Waals surface area (Å²) in [4.78, 5) is 12.4. The van der Waals surface area contributed by atoms with Gasteiger partial charge in [-0.25, -0.2) is 0 Å². The van der Waals surface area contributed by atoms with E-state index in [0.29, 0.717) is 24.4 Å². The summed E-state index contributed by atoms with van der Waals surface area (Å²) in [7, 11) is 0. The first-order chi connectivity index (χ1) is 10.8. The molecule has 0 aromatic carbocycles. The SMILES string of the molecule is O=C(NCc1nncn1C1CCCCC1)[C@H]1C[C@@H]2C=C[C@H]1C2. The van der Waals surface area contributed by atoms with Crippen molar-refractivity contribution in [2.24, 2.45) is 17.8 Å². The van der Waals surface area contributed by atoms with Crippen LogP contribution in [0.2, 0.25) is 0 Å². The third-order valence-corrected chi connectivity index (χ3v) is 5.65. The molecule has 22 heavy (non-hydrogen) atoms. The molecule has 2 fully saturated rings. The lowest BCUT2D eigenvalue weighted by molar-refractivity contribution is -0.125. The van der Waals surface area contributed by atoms with Crippen molar-refractivity contribution in [3.63, 3.8) is 0 Å². The fourth-order valence-electron chi connectivity index (χ4n) is 4.44. The zero-order valence-electron chi connectivity index (χ0n) is 12.9. The Balaban J connectivity index is 1.37. The molecule has 118 valence electrons. The highest BCUT2D eigenvalue weighted by Crippen LogP contribution is 2.43. The number of carbonyl (C=O) groups is 1. The molecule has 4 rings (SSSR count). The molecule has 3 aliphatic rings. The van der Waals surface area contributed by atoms with Gasteiger partial charge in [0.15, 0.2) is 5.82 Å². The minimum atomic E-state index is 0.168. The summed E-state index contributed by atoms with van der Waals surface area (Å²) in [5.74, 6) is 2.35. The van der Waals surface area contributed by atoms with Crippen molar-refractivity contribution in [3.05, 3.63) is 24.3 Å². The maximum atomic E-state index is 12.4. The summed E-state index contributed by atoms with van der Waals surface area (Å²) in [6.07, 6.45) is 14.8. The first kappa shape index (κ1) is 14.0. The maximum Gasteiger partial charge on any atom is 0.224 e. The first-order valence-corrected chi connectivity index (χ1v) is 8.65. The second kappa shape index (κ2) is 5.86. The number of aromatic nitrogens is 3. The molecular formula is C17H24N4O. The largest absolute Gasteiger partial charge is 0.349 e. The summed E-state index contributed by atoms with van der Waals surface area (Å²) in [5.41, 5.74) is 0.